The first-order valence-electron chi connectivity index (χ1n) is 58.9. The number of fused-ring (bicyclic) bond motifs is 20. The minimum absolute atomic E-state index is 0.0330. The molecule has 0 radical (unpaired) electrons. The maximum absolute atomic E-state index is 14.4. The van der Waals surface area contributed by atoms with E-state index in [1.165, 1.54) is 96.3 Å². The molecular weight excluding hydrogens is 1850 g/mol. The zero-order valence-electron chi connectivity index (χ0n) is 95.4. The van der Waals surface area contributed by atoms with Crippen molar-refractivity contribution in [1.82, 2.24) is 0 Å². The second-order valence-corrected chi connectivity index (χ2v) is 75.2. The van der Waals surface area contributed by atoms with Gasteiger partial charge < -0.3 is 53.0 Å². The zero-order valence-corrected chi connectivity index (χ0v) is 100. The molecule has 6 N–H and O–H groups in total. The van der Waals surface area contributed by atoms with E-state index in [9.17, 15) is 61.4 Å². The van der Waals surface area contributed by atoms with Crippen molar-refractivity contribution in [3.63, 3.8) is 0 Å². The molecule has 23 heteroatoms. The maximum atomic E-state index is 14.4. The largest absolute Gasteiger partial charge is 0.726 e. The number of rotatable bonds is 26. The summed E-state index contributed by atoms with van der Waals surface area (Å²) in [6, 6.07) is 0. The van der Waals surface area contributed by atoms with E-state index in [0.29, 0.717) is 197 Å². The summed E-state index contributed by atoms with van der Waals surface area (Å²) in [4.78, 5) is 14.4. The Morgan fingerprint density at radius 2 is 0.589 bits per heavy atom. The van der Waals surface area contributed by atoms with Gasteiger partial charge in [-0.3, -0.25) is 13.2 Å². The molecule has 0 aliphatic heterocycles. The van der Waals surface area contributed by atoms with Gasteiger partial charge in [0, 0.05) is 43.4 Å². The van der Waals surface area contributed by atoms with Crippen LogP contribution in [-0.4, -0.2) is 156 Å². The Morgan fingerprint density at radius 1 is 0.340 bits per heavy atom. The molecule has 0 saturated heterocycles. The topological polar surface area (TPSA) is 299 Å². The van der Waals surface area contributed by atoms with E-state index < -0.39 is 45.8 Å². The van der Waals surface area contributed by atoms with Gasteiger partial charge in [0.15, 0.2) is 25.0 Å². The van der Waals surface area contributed by atoms with Crippen molar-refractivity contribution in [3.8, 4) is 0 Å². The van der Waals surface area contributed by atoms with Crippen LogP contribution < -0.4 is 0 Å². The molecule has 0 aromatic heterocycles. The van der Waals surface area contributed by atoms with Gasteiger partial charge in [0.2, 0.25) is 20.8 Å². The Kier molecular flexibility index (Phi) is 36.3. The van der Waals surface area contributed by atoms with Crippen LogP contribution in [-0.2, 0) is 47.2 Å². The van der Waals surface area contributed by atoms with Crippen molar-refractivity contribution < 1.29 is 83.0 Å². The van der Waals surface area contributed by atoms with Crippen LogP contribution in [0.3, 0.4) is 0 Å². The summed E-state index contributed by atoms with van der Waals surface area (Å²) in [5.41, 5.74) is 1.95. The molecule has 16 aliphatic rings. The molecule has 0 spiro atoms. The van der Waals surface area contributed by atoms with E-state index in [0.717, 1.165) is 122 Å². The average molecular weight is 2070 g/mol. The number of ketones is 1. The molecule has 16 rings (SSSR count). The van der Waals surface area contributed by atoms with Crippen LogP contribution in [0.2, 0.25) is 54.4 Å². The van der Waals surface area contributed by atoms with Crippen LogP contribution >= 0.6 is 0 Å². The van der Waals surface area contributed by atoms with Crippen LogP contribution in [0.1, 0.15) is 404 Å². The van der Waals surface area contributed by atoms with Crippen LogP contribution in [0.4, 0.5) is 0 Å². The fourth-order valence-corrected chi connectivity index (χ4v) is 44.2. The fourth-order valence-electron chi connectivity index (χ4n) is 39.3. The van der Waals surface area contributed by atoms with Crippen LogP contribution in [0.15, 0.2) is 0 Å². The average Bonchev–Trinajstić information content (AvgIpc) is 1.68. The molecular formula is C118H214O18S2Si3-2. The van der Waals surface area contributed by atoms with Gasteiger partial charge in [-0.15, -0.1) is 0 Å². The predicted molar refractivity (Wildman–Crippen MR) is 575 cm³/mol. The summed E-state index contributed by atoms with van der Waals surface area (Å²) >= 11 is 0. The van der Waals surface area contributed by atoms with Crippen molar-refractivity contribution in [3.05, 3.63) is 0 Å². The predicted octanol–water partition coefficient (Wildman–Crippen LogP) is 26.8. The second-order valence-electron chi connectivity index (χ2n) is 58.8. The highest BCUT2D eigenvalue weighted by Crippen LogP contribution is 2.76. The molecule has 16 fully saturated rings. The van der Waals surface area contributed by atoms with Crippen molar-refractivity contribution in [2.75, 3.05) is 26.4 Å². The number of hydrogen-bond acceptors (Lipinski definition) is 18. The summed E-state index contributed by atoms with van der Waals surface area (Å²) in [7, 11) is -14.7. The quantitative estimate of drug-likeness (QED) is 0.0266. The number of aliphatic hydroxyl groups excluding tert-OH is 6. The Morgan fingerprint density at radius 3 is 0.879 bits per heavy atom. The SMILES string of the molecule is CC[C@@H]1C2C[C@H](O)CC[C@]2(C)C2CC[C@@]3(C)C(CCC3[C@H](C)CCOS(=O)(=O)[O-])C2[C@@H]1O.CC[C@@H]1C2C[C@H](O[Si](C)(C)C(C)(C)C)CC[C@]2(C)C2CC[C@@]3(C)C(CCC3[C@H](C)CCO)C2[C@@H]1O.CC[C@@H]1C2C[C@H](O[Si](C)(C)C(C)(C)C)CC[C@]2(C)C2CC[C@@]3(C)C(CCC3[C@H](C)CCOS(=O)(=O)[O-])C2[C@@H]1O.CC[C@H]1C(=O)C2C3CCC([C@H](C)CCO)[C@@]3(C)CCC2[C@@]2(C)CC[C@@H](O[Si](C)(C)C(C)(C)C)CC12. The van der Waals surface area contributed by atoms with Crippen LogP contribution in [0, 0.1) is 209 Å². The third-order valence-electron chi connectivity index (χ3n) is 49.8. The highest BCUT2D eigenvalue weighted by Gasteiger charge is 2.72. The first kappa shape index (κ1) is 118. The number of aliphatic hydroxyl groups is 6. The van der Waals surface area contributed by atoms with Gasteiger partial charge in [0.05, 0.1) is 37.6 Å². The number of Topliss-reactive ketones (excluding diaryl/α,β-unsaturated/α-hetero) is 1. The molecule has 0 bridgehead atoms. The lowest BCUT2D eigenvalue weighted by atomic mass is 9.41. The Hall–Kier alpha value is -0.299. The summed E-state index contributed by atoms with van der Waals surface area (Å²) in [6.07, 6.45) is 39.6. The molecule has 0 heterocycles. The molecule has 16 saturated carbocycles. The number of carbonyl (C=O) groups excluding carboxylic acids is 1. The lowest BCUT2D eigenvalue weighted by molar-refractivity contribution is -0.203. The second kappa shape index (κ2) is 43.5. The Balaban J connectivity index is 0.000000158. The van der Waals surface area contributed by atoms with E-state index in [1.807, 2.05) is 0 Å². The van der Waals surface area contributed by atoms with Gasteiger partial charge in [0.25, 0.3) is 0 Å². The van der Waals surface area contributed by atoms with E-state index in [2.05, 4.69) is 221 Å². The van der Waals surface area contributed by atoms with Crippen molar-refractivity contribution >= 4 is 51.5 Å². The monoisotopic (exact) mass is 2070 g/mol. The van der Waals surface area contributed by atoms with Crippen molar-refractivity contribution in [1.29, 1.82) is 0 Å². The molecule has 820 valence electrons. The number of carbonyl (C=O) groups is 1. The highest BCUT2D eigenvalue weighted by atomic mass is 32.3. The minimum atomic E-state index is -4.64. The molecule has 0 aromatic rings. The Bertz CT molecular complexity index is 4380. The standard InChI is InChI=1S/C31H58O6SSi.C31H58O3Si.C31H56O3Si.C25H44O6S/c1-10-22-26-19-21(37-39(8,9)29(3,4)5)13-16-31(26,7)25-14-17-30(6)23(11-12-24(30)27(25)28(22)32)20(2)15-18-36-38(33,34)35;2*1-10-22-26-19-21(34-35(8,9)29(3,4)5)13-16-31(26,7)25-14-17-30(6)23(20(2)15-18-32)11-12-24(30)27(25)28(22)33;1-5-17-21-14-16(26)8-11-25(21,4)20-9-12-24(3)18(6-7-19(24)22(20)23(17)27)15(2)10-13-31-32(28,29)30/h20-28,32H,10-19H2,1-9H3,(H,33,34,35);20-28,32-33H,10-19H2,1-9H3;20-27,32H,10-19H2,1-9H3;15-23,26-27H,5-14H2,1-4H3,(H,28,29,30)/p-2/t2*20-,21-,22-,23?,24?,25?,26?,27?,28-,30-,31-;20-,21-,22-,23?,24?,25?,26?,27?,30-,31-;15-,16-,17-,18?,19?,20?,21?,22?,23-,24-,25-/m1111/s1. The third kappa shape index (κ3) is 22.2. The van der Waals surface area contributed by atoms with Crippen LogP contribution in [0.5, 0.6) is 0 Å². The van der Waals surface area contributed by atoms with E-state index >= 15 is 0 Å². The summed E-state index contributed by atoms with van der Waals surface area (Å²) < 4.78 is 95.3. The van der Waals surface area contributed by atoms with Gasteiger partial charge >= 0.3 is 0 Å². The number of hydrogen-bond donors (Lipinski definition) is 6. The lowest BCUT2D eigenvalue weighted by Gasteiger charge is -2.65. The zero-order chi connectivity index (χ0) is 105. The fraction of sp³-hybridized carbons (Fsp3) is 0.992. The van der Waals surface area contributed by atoms with Gasteiger partial charge in [-0.1, -0.05) is 192 Å². The van der Waals surface area contributed by atoms with E-state index in [-0.39, 0.29) is 115 Å². The molecule has 18 nitrogen and oxygen atoms in total. The van der Waals surface area contributed by atoms with E-state index in [1.54, 1.807) is 0 Å². The first-order chi connectivity index (χ1) is 65.2. The molecule has 20 unspecified atom stereocenters. The summed E-state index contributed by atoms with van der Waals surface area (Å²) in [6.45, 7) is 74.2. The maximum Gasteiger partial charge on any atom is 0.217 e. The van der Waals surface area contributed by atoms with Crippen molar-refractivity contribution in [2.45, 2.75) is 501 Å². The van der Waals surface area contributed by atoms with Gasteiger partial charge in [0.1, 0.15) is 5.78 Å². The third-order valence-corrected chi connectivity index (χ3v) is 64.4. The molecule has 0 amide bonds. The smallest absolute Gasteiger partial charge is 0.217 e. The molecule has 141 heavy (non-hydrogen) atoms. The van der Waals surface area contributed by atoms with Gasteiger partial charge in [-0.05, 0) is 463 Å². The normalized spacial score (nSPS) is 46.3. The van der Waals surface area contributed by atoms with Gasteiger partial charge in [-0.2, -0.15) is 0 Å². The minimum Gasteiger partial charge on any atom is -0.726 e. The van der Waals surface area contributed by atoms with Gasteiger partial charge in [-0.25, -0.2) is 16.8 Å². The summed E-state index contributed by atoms with van der Waals surface area (Å²) in [5, 5.41) is 66.3. The molecule has 16 aliphatic carbocycles. The Labute approximate surface area is 865 Å². The van der Waals surface area contributed by atoms with Crippen LogP contribution in [0.25, 0.3) is 0 Å². The lowest BCUT2D eigenvalue weighted by Crippen LogP contribution is -2.62. The first-order valence-corrected chi connectivity index (χ1v) is 70.3. The summed E-state index contributed by atoms with van der Waals surface area (Å²) in [5.74, 6) is 13.6. The highest BCUT2D eigenvalue weighted by molar-refractivity contribution is 7.81. The van der Waals surface area contributed by atoms with Crippen molar-refractivity contribution in [2.24, 2.45) is 209 Å². The molecule has 0 aromatic carbocycles. The molecule has 43 atom stereocenters. The van der Waals surface area contributed by atoms with E-state index in [4.69, 9.17) is 13.3 Å².